The van der Waals surface area contributed by atoms with Crippen molar-refractivity contribution in [1.29, 1.82) is 0 Å². The van der Waals surface area contributed by atoms with E-state index in [0.29, 0.717) is 11.5 Å². The Morgan fingerprint density at radius 3 is 1.88 bits per heavy atom. The van der Waals surface area contributed by atoms with Crippen molar-refractivity contribution >= 4 is 0 Å². The number of nitrogens with one attached hydrogen (secondary N) is 1. The van der Waals surface area contributed by atoms with E-state index in [4.69, 9.17) is 0 Å². The minimum atomic E-state index is -0.126. The van der Waals surface area contributed by atoms with E-state index in [9.17, 15) is 5.11 Å². The van der Waals surface area contributed by atoms with Crippen molar-refractivity contribution in [1.82, 2.24) is 5.32 Å². The van der Waals surface area contributed by atoms with Crippen molar-refractivity contribution in [2.24, 2.45) is 11.3 Å². The number of hydrogen-bond acceptors (Lipinski definition) is 2. The quantitative estimate of drug-likeness (QED) is 0.777. The van der Waals surface area contributed by atoms with Gasteiger partial charge in [0.05, 0.1) is 6.61 Å². The Kier molecular flexibility index (Phi) is 4.42. The summed E-state index contributed by atoms with van der Waals surface area (Å²) in [6, 6.07) is 0.598. The molecule has 0 aromatic carbocycles. The average Bonchev–Trinajstić information content (AvgIpc) is 2.16. The molecule has 2 heteroatoms. The van der Waals surface area contributed by atoms with E-state index in [0.717, 1.165) is 5.92 Å². The van der Waals surface area contributed by atoms with E-state index in [1.807, 2.05) is 0 Å². The lowest BCUT2D eigenvalue weighted by atomic mass is 9.71. The smallest absolute Gasteiger partial charge is 0.0607 e. The van der Waals surface area contributed by atoms with Crippen LogP contribution in [0.2, 0.25) is 0 Å². The highest BCUT2D eigenvalue weighted by Crippen LogP contribution is 2.37. The van der Waals surface area contributed by atoms with Crippen LogP contribution in [0.3, 0.4) is 0 Å². The average molecular weight is 227 g/mol. The van der Waals surface area contributed by atoms with Crippen molar-refractivity contribution < 1.29 is 5.11 Å². The molecule has 0 aromatic heterocycles. The molecule has 0 heterocycles. The van der Waals surface area contributed by atoms with Crippen molar-refractivity contribution in [2.75, 3.05) is 6.61 Å². The van der Waals surface area contributed by atoms with Crippen LogP contribution in [0, 0.1) is 11.3 Å². The van der Waals surface area contributed by atoms with Crippen LogP contribution in [0.1, 0.15) is 60.3 Å². The molecule has 1 aliphatic rings. The summed E-state index contributed by atoms with van der Waals surface area (Å²) in [7, 11) is 0. The first kappa shape index (κ1) is 14.0. The van der Waals surface area contributed by atoms with Crippen LogP contribution >= 0.6 is 0 Å². The number of aliphatic hydroxyl groups excluding tert-OH is 1. The number of rotatable bonds is 3. The van der Waals surface area contributed by atoms with Gasteiger partial charge in [-0.3, -0.25) is 0 Å². The number of aliphatic hydroxyl groups is 1. The molecule has 0 atom stereocenters. The summed E-state index contributed by atoms with van der Waals surface area (Å²) in [6.07, 6.45) is 5.15. The largest absolute Gasteiger partial charge is 0.394 e. The van der Waals surface area contributed by atoms with Crippen LogP contribution in [0.5, 0.6) is 0 Å². The molecule has 0 spiro atoms. The van der Waals surface area contributed by atoms with Crippen LogP contribution < -0.4 is 5.32 Å². The molecule has 16 heavy (non-hydrogen) atoms. The van der Waals surface area contributed by atoms with E-state index in [1.54, 1.807) is 0 Å². The third-order valence-electron chi connectivity index (χ3n) is 3.94. The predicted octanol–water partition coefficient (Wildman–Crippen LogP) is 2.95. The molecular weight excluding hydrogens is 198 g/mol. The van der Waals surface area contributed by atoms with Crippen LogP contribution in [0.25, 0.3) is 0 Å². The van der Waals surface area contributed by atoms with Gasteiger partial charge in [0.1, 0.15) is 0 Å². The zero-order valence-electron chi connectivity index (χ0n) is 11.6. The van der Waals surface area contributed by atoms with E-state index >= 15 is 0 Å². The van der Waals surface area contributed by atoms with E-state index in [1.165, 1.54) is 25.7 Å². The molecule has 0 aliphatic heterocycles. The minimum absolute atomic E-state index is 0.126. The fourth-order valence-electron chi connectivity index (χ4n) is 2.70. The maximum atomic E-state index is 9.24. The van der Waals surface area contributed by atoms with E-state index in [2.05, 4.69) is 39.9 Å². The van der Waals surface area contributed by atoms with Gasteiger partial charge in [0.2, 0.25) is 0 Å². The lowest BCUT2D eigenvalue weighted by Gasteiger charge is -2.39. The van der Waals surface area contributed by atoms with Gasteiger partial charge in [-0.25, -0.2) is 0 Å². The lowest BCUT2D eigenvalue weighted by molar-refractivity contribution is 0.126. The third kappa shape index (κ3) is 4.06. The Labute approximate surface area is 101 Å². The molecule has 0 aromatic rings. The van der Waals surface area contributed by atoms with Crippen LogP contribution in [0.4, 0.5) is 0 Å². The summed E-state index contributed by atoms with van der Waals surface area (Å²) in [5.41, 5.74) is 0.330. The van der Waals surface area contributed by atoms with Gasteiger partial charge >= 0.3 is 0 Å². The first-order chi connectivity index (χ1) is 7.24. The van der Waals surface area contributed by atoms with Crippen molar-refractivity contribution in [3.05, 3.63) is 0 Å². The Morgan fingerprint density at radius 1 is 1.00 bits per heavy atom. The second-order valence-electron chi connectivity index (χ2n) is 7.10. The van der Waals surface area contributed by atoms with Gasteiger partial charge in [-0.05, 0) is 50.9 Å². The van der Waals surface area contributed by atoms with Crippen LogP contribution in [0.15, 0.2) is 0 Å². The van der Waals surface area contributed by atoms with Gasteiger partial charge in [-0.2, -0.15) is 0 Å². The van der Waals surface area contributed by atoms with Crippen molar-refractivity contribution in [3.63, 3.8) is 0 Å². The third-order valence-corrected chi connectivity index (χ3v) is 3.94. The maximum Gasteiger partial charge on any atom is 0.0607 e. The predicted molar refractivity (Wildman–Crippen MR) is 69.5 cm³/mol. The zero-order valence-corrected chi connectivity index (χ0v) is 11.6. The van der Waals surface area contributed by atoms with Gasteiger partial charge in [-0.1, -0.05) is 20.8 Å². The molecule has 2 nitrogen and oxygen atoms in total. The Hall–Kier alpha value is -0.0800. The van der Waals surface area contributed by atoms with Gasteiger partial charge in [0.15, 0.2) is 0 Å². The van der Waals surface area contributed by atoms with E-state index in [-0.39, 0.29) is 12.1 Å². The molecule has 0 bridgehead atoms. The van der Waals surface area contributed by atoms with Crippen molar-refractivity contribution in [2.45, 2.75) is 71.9 Å². The molecule has 0 radical (unpaired) electrons. The SMILES string of the molecule is CC(C)(CO)NC1CCC(C(C)(C)C)CC1. The molecule has 96 valence electrons. The zero-order chi connectivity index (χ0) is 12.4. The van der Waals surface area contributed by atoms with E-state index < -0.39 is 0 Å². The number of hydrogen-bond donors (Lipinski definition) is 2. The molecule has 0 saturated heterocycles. The summed E-state index contributed by atoms with van der Waals surface area (Å²) >= 11 is 0. The molecule has 2 N–H and O–H groups in total. The lowest BCUT2D eigenvalue weighted by Crippen LogP contribution is -2.50. The molecule has 1 saturated carbocycles. The highest BCUT2D eigenvalue weighted by Gasteiger charge is 2.31. The summed E-state index contributed by atoms with van der Waals surface area (Å²) in [4.78, 5) is 0. The molecule has 1 aliphatic carbocycles. The normalized spacial score (nSPS) is 28.1. The van der Waals surface area contributed by atoms with Gasteiger partial charge < -0.3 is 10.4 Å². The monoisotopic (exact) mass is 227 g/mol. The molecule has 1 rings (SSSR count). The Balaban J connectivity index is 2.38. The van der Waals surface area contributed by atoms with Crippen LogP contribution in [-0.2, 0) is 0 Å². The second-order valence-corrected chi connectivity index (χ2v) is 7.10. The van der Waals surface area contributed by atoms with Gasteiger partial charge in [0.25, 0.3) is 0 Å². The Bertz CT molecular complexity index is 209. The Morgan fingerprint density at radius 2 is 1.50 bits per heavy atom. The standard InChI is InChI=1S/C14H29NO/c1-13(2,3)11-6-8-12(9-7-11)15-14(4,5)10-16/h11-12,15-16H,6-10H2,1-5H3. The molecule has 1 fully saturated rings. The van der Waals surface area contributed by atoms with Gasteiger partial charge in [-0.15, -0.1) is 0 Å². The van der Waals surface area contributed by atoms with Crippen molar-refractivity contribution in [3.8, 4) is 0 Å². The minimum Gasteiger partial charge on any atom is -0.394 e. The summed E-state index contributed by atoms with van der Waals surface area (Å²) < 4.78 is 0. The molecule has 0 unspecified atom stereocenters. The fraction of sp³-hybridized carbons (Fsp3) is 1.00. The summed E-state index contributed by atoms with van der Waals surface area (Å²) in [6.45, 7) is 11.4. The molecule has 0 amide bonds. The highest BCUT2D eigenvalue weighted by atomic mass is 16.3. The summed E-state index contributed by atoms with van der Waals surface area (Å²) in [5.74, 6) is 0.864. The fourth-order valence-corrected chi connectivity index (χ4v) is 2.70. The summed E-state index contributed by atoms with van der Waals surface area (Å²) in [5, 5.41) is 12.8. The topological polar surface area (TPSA) is 32.3 Å². The maximum absolute atomic E-state index is 9.24. The first-order valence-electron chi connectivity index (χ1n) is 6.63. The second kappa shape index (κ2) is 5.05. The highest BCUT2D eigenvalue weighted by molar-refractivity contribution is 4.87. The first-order valence-corrected chi connectivity index (χ1v) is 6.63. The van der Waals surface area contributed by atoms with Crippen LogP contribution in [-0.4, -0.2) is 23.3 Å². The molecular formula is C14H29NO. The van der Waals surface area contributed by atoms with Gasteiger partial charge in [0, 0.05) is 11.6 Å².